The van der Waals surface area contributed by atoms with Crippen LogP contribution in [0.5, 0.6) is 0 Å². The maximum Gasteiger partial charge on any atom is 0.416 e. The van der Waals surface area contributed by atoms with Crippen LogP contribution in [0.1, 0.15) is 5.56 Å². The van der Waals surface area contributed by atoms with Gasteiger partial charge in [-0.15, -0.1) is 0 Å². The van der Waals surface area contributed by atoms with Crippen LogP contribution in [0.15, 0.2) is 35.9 Å². The molecule has 0 atom stereocenters. The highest BCUT2D eigenvalue weighted by Gasteiger charge is 2.21. The summed E-state index contributed by atoms with van der Waals surface area (Å²) in [6.45, 7) is 0. The van der Waals surface area contributed by atoms with Gasteiger partial charge in [-0.05, 0) is 11.6 Å². The molecule has 1 rings (SSSR count). The van der Waals surface area contributed by atoms with Gasteiger partial charge in [-0.3, -0.25) is 9.59 Å². The molecule has 1 aromatic carbocycles. The second-order valence-corrected chi connectivity index (χ2v) is 3.40. The highest BCUT2D eigenvalue weighted by atomic mass is 16.5. The van der Waals surface area contributed by atoms with Crippen molar-refractivity contribution in [2.45, 2.75) is 0 Å². The zero-order chi connectivity index (χ0) is 13.5. The third-order valence-electron chi connectivity index (χ3n) is 2.20. The van der Waals surface area contributed by atoms with Crippen molar-refractivity contribution in [1.29, 1.82) is 0 Å². The topological polar surface area (TPSA) is 63.7 Å². The van der Waals surface area contributed by atoms with Gasteiger partial charge in [0.15, 0.2) is 0 Å². The summed E-state index contributed by atoms with van der Waals surface area (Å²) in [6, 6.07) is 8.79. The molecule has 0 spiro atoms. The van der Waals surface area contributed by atoms with Crippen LogP contribution in [-0.4, -0.2) is 37.3 Å². The van der Waals surface area contributed by atoms with Crippen molar-refractivity contribution in [3.05, 3.63) is 41.5 Å². The second-order valence-electron chi connectivity index (χ2n) is 3.40. The van der Waals surface area contributed by atoms with E-state index in [4.69, 9.17) is 0 Å². The Morgan fingerprint density at radius 1 is 1.28 bits per heavy atom. The molecule has 0 fully saturated rings. The number of ether oxygens (including phenoxy) is 1. The molecule has 0 N–H and O–H groups in total. The fourth-order valence-corrected chi connectivity index (χ4v) is 1.25. The van der Waals surface area contributed by atoms with E-state index in [-0.39, 0.29) is 5.57 Å². The quantitative estimate of drug-likeness (QED) is 0.459. The summed E-state index contributed by atoms with van der Waals surface area (Å²) in [5.74, 6) is -0.763. The third kappa shape index (κ3) is 3.28. The van der Waals surface area contributed by atoms with Crippen LogP contribution < -0.4 is 0 Å². The van der Waals surface area contributed by atoms with Gasteiger partial charge in [0.05, 0.1) is 12.7 Å². The van der Waals surface area contributed by atoms with E-state index in [9.17, 15) is 14.4 Å². The molecule has 0 heterocycles. The second kappa shape index (κ2) is 6.34. The highest BCUT2D eigenvalue weighted by molar-refractivity contribution is 6.17. The van der Waals surface area contributed by atoms with Gasteiger partial charge in [0.1, 0.15) is 0 Å². The lowest BCUT2D eigenvalue weighted by Crippen LogP contribution is -2.34. The summed E-state index contributed by atoms with van der Waals surface area (Å²) < 4.78 is 4.39. The lowest BCUT2D eigenvalue weighted by Gasteiger charge is -2.12. The van der Waals surface area contributed by atoms with E-state index in [1.807, 2.05) is 6.07 Å². The van der Waals surface area contributed by atoms with Gasteiger partial charge in [-0.1, -0.05) is 30.3 Å². The molecule has 0 aliphatic rings. The number of imide groups is 1. The lowest BCUT2D eigenvalue weighted by molar-refractivity contribution is -0.123. The Bertz CT molecular complexity index is 479. The lowest BCUT2D eigenvalue weighted by atomic mass is 10.1. The van der Waals surface area contributed by atoms with Crippen molar-refractivity contribution < 1.29 is 19.1 Å². The Hall–Kier alpha value is -2.43. The number of methoxy groups -OCH3 is 1. The van der Waals surface area contributed by atoms with Crippen molar-refractivity contribution >= 4 is 24.4 Å². The summed E-state index contributed by atoms with van der Waals surface area (Å²) in [6.07, 6.45) is 2.04. The monoisotopic (exact) mass is 246 g/mol. The molecule has 18 heavy (non-hydrogen) atoms. The van der Waals surface area contributed by atoms with Crippen LogP contribution in [-0.2, 0) is 14.3 Å². The first-order chi connectivity index (χ1) is 8.60. The Labute approximate surface area is 105 Å². The number of amides is 2. The summed E-state index contributed by atoms with van der Waals surface area (Å²) in [5.41, 5.74) is 0.427. The van der Waals surface area contributed by atoms with E-state index in [1.54, 1.807) is 24.3 Å². The van der Waals surface area contributed by atoms with E-state index in [0.29, 0.717) is 10.5 Å². The summed E-state index contributed by atoms with van der Waals surface area (Å²) in [7, 11) is 2.38. The number of likely N-dealkylation sites (N-methyl/N-ethyl adjacent to an activating group) is 1. The van der Waals surface area contributed by atoms with E-state index in [2.05, 4.69) is 4.74 Å². The van der Waals surface area contributed by atoms with Crippen LogP contribution in [0.25, 0.3) is 6.08 Å². The molecule has 1 radical (unpaired) electrons. The van der Waals surface area contributed by atoms with Crippen molar-refractivity contribution in [2.75, 3.05) is 14.2 Å². The standard InChI is InChI=1S/C13H12NO4/c1-14(13(17)18-2)12(16)11(9-15)8-10-6-4-3-5-7-10/h3-8H,1-2H3. The number of benzene rings is 1. The SMILES string of the molecule is COC(=O)N(C)C(=O)C([C]=O)=Cc1ccccc1. The average Bonchev–Trinajstić information content (AvgIpc) is 2.43. The normalized spacial score (nSPS) is 10.7. The number of carbonyl (C=O) groups excluding carboxylic acids is 3. The first kappa shape index (κ1) is 13.6. The van der Waals surface area contributed by atoms with Gasteiger partial charge in [-0.2, -0.15) is 0 Å². The maximum atomic E-state index is 11.8. The first-order valence-electron chi connectivity index (χ1n) is 5.11. The minimum Gasteiger partial charge on any atom is -0.452 e. The Balaban J connectivity index is 2.97. The average molecular weight is 246 g/mol. The minimum absolute atomic E-state index is 0.242. The van der Waals surface area contributed by atoms with Gasteiger partial charge in [0.2, 0.25) is 6.29 Å². The first-order valence-corrected chi connectivity index (χ1v) is 5.11. The van der Waals surface area contributed by atoms with E-state index in [1.165, 1.54) is 19.4 Å². The molecule has 5 heteroatoms. The molecule has 0 aromatic heterocycles. The number of hydrogen-bond acceptors (Lipinski definition) is 4. The fraction of sp³-hybridized carbons (Fsp3) is 0.154. The zero-order valence-electron chi connectivity index (χ0n) is 10.0. The molecule has 2 amide bonds. The molecule has 0 unspecified atom stereocenters. The van der Waals surface area contributed by atoms with Crippen molar-refractivity contribution in [3.8, 4) is 0 Å². The van der Waals surface area contributed by atoms with Crippen LogP contribution in [0.3, 0.4) is 0 Å². The molecule has 0 saturated carbocycles. The molecule has 1 aromatic rings. The number of nitrogens with zero attached hydrogens (tertiary/aromatic N) is 1. The molecular formula is C13H12NO4. The molecule has 0 bridgehead atoms. The van der Waals surface area contributed by atoms with E-state index >= 15 is 0 Å². The Kier molecular flexibility index (Phi) is 4.80. The molecule has 0 aliphatic carbocycles. The number of carbonyl (C=O) groups is 2. The smallest absolute Gasteiger partial charge is 0.416 e. The van der Waals surface area contributed by atoms with Gasteiger partial charge in [0, 0.05) is 7.05 Å². The van der Waals surface area contributed by atoms with Crippen LogP contribution >= 0.6 is 0 Å². The predicted octanol–water partition coefficient (Wildman–Crippen LogP) is 1.40. The number of hydrogen-bond donors (Lipinski definition) is 0. The molecule has 5 nitrogen and oxygen atoms in total. The van der Waals surface area contributed by atoms with Crippen molar-refractivity contribution in [3.63, 3.8) is 0 Å². The number of rotatable bonds is 3. The van der Waals surface area contributed by atoms with Crippen LogP contribution in [0.4, 0.5) is 4.79 Å². The molecule has 0 aliphatic heterocycles. The summed E-state index contributed by atoms with van der Waals surface area (Å²) >= 11 is 0. The Morgan fingerprint density at radius 3 is 2.39 bits per heavy atom. The fourth-order valence-electron chi connectivity index (χ4n) is 1.25. The summed E-state index contributed by atoms with van der Waals surface area (Å²) in [5, 5.41) is 0. The highest BCUT2D eigenvalue weighted by Crippen LogP contribution is 2.07. The molecule has 0 saturated heterocycles. The van der Waals surface area contributed by atoms with Gasteiger partial charge < -0.3 is 4.74 Å². The Morgan fingerprint density at radius 2 is 1.89 bits per heavy atom. The van der Waals surface area contributed by atoms with Crippen LogP contribution in [0, 0.1) is 0 Å². The third-order valence-corrected chi connectivity index (χ3v) is 2.20. The van der Waals surface area contributed by atoms with Gasteiger partial charge >= 0.3 is 6.09 Å². The van der Waals surface area contributed by atoms with E-state index < -0.39 is 12.0 Å². The summed E-state index contributed by atoms with van der Waals surface area (Å²) in [4.78, 5) is 34.4. The largest absolute Gasteiger partial charge is 0.452 e. The predicted molar refractivity (Wildman–Crippen MR) is 65.3 cm³/mol. The van der Waals surface area contributed by atoms with Crippen molar-refractivity contribution in [1.82, 2.24) is 4.90 Å². The van der Waals surface area contributed by atoms with Crippen LogP contribution in [0.2, 0.25) is 0 Å². The van der Waals surface area contributed by atoms with Gasteiger partial charge in [0.25, 0.3) is 5.91 Å². The minimum atomic E-state index is -0.839. The zero-order valence-corrected chi connectivity index (χ0v) is 10.0. The molecule has 93 valence electrons. The van der Waals surface area contributed by atoms with E-state index in [0.717, 1.165) is 7.11 Å². The van der Waals surface area contributed by atoms with Gasteiger partial charge in [-0.25, -0.2) is 9.69 Å². The maximum absolute atomic E-state index is 11.8. The molecular weight excluding hydrogens is 234 g/mol. The van der Waals surface area contributed by atoms with Crippen molar-refractivity contribution in [2.24, 2.45) is 0 Å².